The number of halogens is 3. The van der Waals surface area contributed by atoms with E-state index in [0.29, 0.717) is 18.2 Å². The van der Waals surface area contributed by atoms with E-state index in [1.807, 2.05) is 0 Å². The van der Waals surface area contributed by atoms with Crippen LogP contribution in [0, 0.1) is 0 Å². The van der Waals surface area contributed by atoms with Gasteiger partial charge in [-0.3, -0.25) is 0 Å². The zero-order chi connectivity index (χ0) is 15.7. The minimum absolute atomic E-state index is 0.199. The molecule has 0 unspecified atom stereocenters. The van der Waals surface area contributed by atoms with Gasteiger partial charge in [-0.1, -0.05) is 6.07 Å². The monoisotopic (exact) mass is 303 g/mol. The Bertz CT molecular complexity index is 491. The van der Waals surface area contributed by atoms with Crippen molar-refractivity contribution in [3.05, 3.63) is 29.3 Å². The summed E-state index contributed by atoms with van der Waals surface area (Å²) in [5, 5.41) is 12.7. The Kier molecular flexibility index (Phi) is 4.49. The van der Waals surface area contributed by atoms with E-state index in [1.165, 1.54) is 19.9 Å². The van der Waals surface area contributed by atoms with E-state index >= 15 is 0 Å². The second-order valence-electron chi connectivity index (χ2n) is 6.08. The molecule has 2 N–H and O–H groups in total. The molecule has 0 atom stereocenters. The Morgan fingerprint density at radius 2 is 1.95 bits per heavy atom. The zero-order valence-electron chi connectivity index (χ0n) is 12.1. The normalized spacial score (nSPS) is 16.1. The van der Waals surface area contributed by atoms with Gasteiger partial charge in [0.25, 0.3) is 0 Å². The number of hydrogen-bond acceptors (Lipinski definition) is 3. The summed E-state index contributed by atoms with van der Waals surface area (Å²) in [6.45, 7) is 3.18. The Balaban J connectivity index is 2.14. The van der Waals surface area contributed by atoms with Gasteiger partial charge in [-0.2, -0.15) is 13.2 Å². The predicted molar refractivity (Wildman–Crippen MR) is 73.1 cm³/mol. The van der Waals surface area contributed by atoms with Crippen molar-refractivity contribution in [1.82, 2.24) is 5.32 Å². The van der Waals surface area contributed by atoms with Gasteiger partial charge in [0, 0.05) is 12.6 Å². The van der Waals surface area contributed by atoms with Gasteiger partial charge < -0.3 is 15.2 Å². The average Bonchev–Trinajstić information content (AvgIpc) is 3.16. The van der Waals surface area contributed by atoms with Crippen LogP contribution in [0.15, 0.2) is 18.2 Å². The first-order chi connectivity index (χ1) is 9.65. The number of benzene rings is 1. The van der Waals surface area contributed by atoms with Gasteiger partial charge in [-0.05, 0) is 44.4 Å². The molecule has 0 radical (unpaired) electrons. The fourth-order valence-corrected chi connectivity index (χ4v) is 1.84. The first kappa shape index (κ1) is 16.1. The first-order valence-electron chi connectivity index (χ1n) is 6.94. The highest BCUT2D eigenvalue weighted by Crippen LogP contribution is 2.37. The quantitative estimate of drug-likeness (QED) is 0.848. The zero-order valence-corrected chi connectivity index (χ0v) is 12.1. The SMILES string of the molecule is CC(C)(O)COc1ccc(CNC2CC2)cc1C(F)(F)F. The largest absolute Gasteiger partial charge is 0.490 e. The molecule has 3 nitrogen and oxygen atoms in total. The smallest absolute Gasteiger partial charge is 0.419 e. The van der Waals surface area contributed by atoms with Crippen molar-refractivity contribution in [3.63, 3.8) is 0 Å². The van der Waals surface area contributed by atoms with Gasteiger partial charge in [0.05, 0.1) is 11.2 Å². The van der Waals surface area contributed by atoms with Gasteiger partial charge in [0.15, 0.2) is 0 Å². The molecule has 0 aromatic heterocycles. The molecule has 0 bridgehead atoms. The third-order valence-electron chi connectivity index (χ3n) is 3.10. The van der Waals surface area contributed by atoms with Crippen molar-refractivity contribution in [1.29, 1.82) is 0 Å². The Hall–Kier alpha value is -1.27. The average molecular weight is 303 g/mol. The highest BCUT2D eigenvalue weighted by molar-refractivity contribution is 5.39. The summed E-state index contributed by atoms with van der Waals surface area (Å²) in [6, 6.07) is 4.48. The molecule has 0 saturated heterocycles. The summed E-state index contributed by atoms with van der Waals surface area (Å²) in [5.74, 6) is -0.250. The lowest BCUT2D eigenvalue weighted by molar-refractivity contribution is -0.139. The van der Waals surface area contributed by atoms with Crippen molar-refractivity contribution in [2.24, 2.45) is 0 Å². The summed E-state index contributed by atoms with van der Waals surface area (Å²) in [6.07, 6.45) is -2.32. The van der Waals surface area contributed by atoms with Crippen LogP contribution in [0.25, 0.3) is 0 Å². The van der Waals surface area contributed by atoms with Crippen LogP contribution in [0.4, 0.5) is 13.2 Å². The van der Waals surface area contributed by atoms with Gasteiger partial charge >= 0.3 is 6.18 Å². The summed E-state index contributed by atoms with van der Waals surface area (Å²) in [7, 11) is 0. The van der Waals surface area contributed by atoms with Gasteiger partial charge in [-0.25, -0.2) is 0 Å². The van der Waals surface area contributed by atoms with Crippen molar-refractivity contribution in [2.75, 3.05) is 6.61 Å². The van der Waals surface area contributed by atoms with E-state index in [2.05, 4.69) is 5.32 Å². The highest BCUT2D eigenvalue weighted by atomic mass is 19.4. The number of aliphatic hydroxyl groups is 1. The van der Waals surface area contributed by atoms with Crippen LogP contribution in [-0.4, -0.2) is 23.4 Å². The Morgan fingerprint density at radius 1 is 1.29 bits per heavy atom. The summed E-state index contributed by atoms with van der Waals surface area (Å²) in [4.78, 5) is 0. The second-order valence-corrected chi connectivity index (χ2v) is 6.08. The summed E-state index contributed by atoms with van der Waals surface area (Å²) >= 11 is 0. The molecule has 0 heterocycles. The molecule has 1 aromatic rings. The van der Waals surface area contributed by atoms with Crippen LogP contribution >= 0.6 is 0 Å². The van der Waals surface area contributed by atoms with Gasteiger partial charge in [0.2, 0.25) is 0 Å². The molecule has 118 valence electrons. The maximum atomic E-state index is 13.1. The number of nitrogens with one attached hydrogen (secondary N) is 1. The van der Waals surface area contributed by atoms with E-state index in [4.69, 9.17) is 4.74 Å². The van der Waals surface area contributed by atoms with Gasteiger partial charge in [0.1, 0.15) is 12.4 Å². The second kappa shape index (κ2) is 5.85. The Morgan fingerprint density at radius 3 is 2.48 bits per heavy atom. The number of ether oxygens (including phenoxy) is 1. The van der Waals surface area contributed by atoms with E-state index in [1.54, 1.807) is 6.07 Å². The van der Waals surface area contributed by atoms with Crippen LogP contribution < -0.4 is 10.1 Å². The third kappa shape index (κ3) is 5.21. The first-order valence-corrected chi connectivity index (χ1v) is 6.94. The lowest BCUT2D eigenvalue weighted by Gasteiger charge is -2.21. The minimum atomic E-state index is -4.48. The maximum absolute atomic E-state index is 13.1. The maximum Gasteiger partial charge on any atom is 0.419 e. The highest BCUT2D eigenvalue weighted by Gasteiger charge is 2.35. The lowest BCUT2D eigenvalue weighted by Crippen LogP contribution is -2.28. The predicted octanol–water partition coefficient (Wildman–Crippen LogP) is 3.11. The van der Waals surface area contributed by atoms with Crippen LogP contribution in [0.1, 0.15) is 37.8 Å². The molecule has 0 aliphatic heterocycles. The molecular formula is C15H20F3NO2. The van der Waals surface area contributed by atoms with E-state index in [-0.39, 0.29) is 12.4 Å². The third-order valence-corrected chi connectivity index (χ3v) is 3.10. The molecule has 0 amide bonds. The van der Waals surface area contributed by atoms with Crippen molar-refractivity contribution >= 4 is 0 Å². The molecular weight excluding hydrogens is 283 g/mol. The fraction of sp³-hybridized carbons (Fsp3) is 0.600. The van der Waals surface area contributed by atoms with E-state index < -0.39 is 17.3 Å². The standard InChI is InChI=1S/C15H20F3NO2/c1-14(2,20)9-21-13-6-3-10(8-19-11-4-5-11)7-12(13)15(16,17)18/h3,6-7,11,19-20H,4-5,8-9H2,1-2H3. The number of hydrogen-bond donors (Lipinski definition) is 2. The van der Waals surface area contributed by atoms with Crippen LogP contribution in [0.5, 0.6) is 5.75 Å². The molecule has 1 aliphatic rings. The molecule has 1 aliphatic carbocycles. The van der Waals surface area contributed by atoms with Crippen LogP contribution in [0.2, 0.25) is 0 Å². The summed E-state index contributed by atoms with van der Waals surface area (Å²) in [5.41, 5.74) is -1.42. The molecule has 21 heavy (non-hydrogen) atoms. The number of rotatable bonds is 6. The topological polar surface area (TPSA) is 41.5 Å². The van der Waals surface area contributed by atoms with Crippen LogP contribution in [-0.2, 0) is 12.7 Å². The minimum Gasteiger partial charge on any atom is -0.490 e. The fourth-order valence-electron chi connectivity index (χ4n) is 1.84. The van der Waals surface area contributed by atoms with Crippen molar-refractivity contribution in [3.8, 4) is 5.75 Å². The molecule has 2 rings (SSSR count). The molecule has 0 spiro atoms. The lowest BCUT2D eigenvalue weighted by atomic mass is 10.1. The van der Waals surface area contributed by atoms with Crippen LogP contribution in [0.3, 0.4) is 0 Å². The molecule has 1 saturated carbocycles. The van der Waals surface area contributed by atoms with E-state index in [9.17, 15) is 18.3 Å². The molecule has 1 fully saturated rings. The van der Waals surface area contributed by atoms with Crippen molar-refractivity contribution < 1.29 is 23.0 Å². The van der Waals surface area contributed by atoms with Crippen molar-refractivity contribution in [2.45, 2.75) is 51.1 Å². The molecule has 6 heteroatoms. The Labute approximate surface area is 122 Å². The number of alkyl halides is 3. The molecule has 1 aromatic carbocycles. The van der Waals surface area contributed by atoms with E-state index in [0.717, 1.165) is 18.9 Å². The van der Waals surface area contributed by atoms with Gasteiger partial charge in [-0.15, -0.1) is 0 Å². The summed E-state index contributed by atoms with van der Waals surface area (Å²) < 4.78 is 44.4.